The first-order chi connectivity index (χ1) is 8.62. The zero-order chi connectivity index (χ0) is 13.0. The van der Waals surface area contributed by atoms with Crippen LogP contribution < -0.4 is 10.0 Å². The molecule has 0 amide bonds. The molecule has 96 valence electrons. The number of sulfonamides is 1. The fraction of sp³-hybridized carbons (Fsp3) is 0.182. The van der Waals surface area contributed by atoms with Crippen molar-refractivity contribution >= 4 is 15.7 Å². The molecule has 3 N–H and O–H groups in total. The summed E-state index contributed by atoms with van der Waals surface area (Å²) in [5.74, 6) is 0. The molecule has 2 aromatic rings. The highest BCUT2D eigenvalue weighted by Gasteiger charge is 2.14. The van der Waals surface area contributed by atoms with Gasteiger partial charge in [-0.25, -0.2) is 8.42 Å². The summed E-state index contributed by atoms with van der Waals surface area (Å²) in [6.45, 7) is 0.704. The molecule has 0 aliphatic heterocycles. The summed E-state index contributed by atoms with van der Waals surface area (Å²) in [5.41, 5.74) is 1.44. The van der Waals surface area contributed by atoms with Gasteiger partial charge in [-0.2, -0.15) is 5.10 Å². The molecule has 1 heterocycles. The molecule has 0 spiro atoms. The molecule has 0 saturated heterocycles. The Morgan fingerprint density at radius 1 is 1.28 bits per heavy atom. The third kappa shape index (κ3) is 2.88. The molecule has 1 aromatic carbocycles. The van der Waals surface area contributed by atoms with Crippen LogP contribution >= 0.6 is 0 Å². The van der Waals surface area contributed by atoms with E-state index >= 15 is 0 Å². The Hall–Kier alpha value is -1.86. The summed E-state index contributed by atoms with van der Waals surface area (Å²) in [7, 11) is -1.71. The predicted molar refractivity (Wildman–Crippen MR) is 68.6 cm³/mol. The van der Waals surface area contributed by atoms with Crippen molar-refractivity contribution in [3.63, 3.8) is 0 Å². The smallest absolute Gasteiger partial charge is 0.261 e. The zero-order valence-electron chi connectivity index (χ0n) is 9.84. The standard InChI is InChI=1S/C11H14N4O2S/c1-12-6-9-2-4-11(5-3-9)18(16,17)15-10-7-13-14-8-10/h2-5,7-8,12,15H,6H2,1H3,(H,13,14). The summed E-state index contributed by atoms with van der Waals surface area (Å²) in [6.07, 6.45) is 2.89. The molecule has 0 atom stereocenters. The van der Waals surface area contributed by atoms with Crippen LogP contribution in [0.25, 0.3) is 0 Å². The van der Waals surface area contributed by atoms with Gasteiger partial charge in [0.25, 0.3) is 10.0 Å². The summed E-state index contributed by atoms with van der Waals surface area (Å²) in [6, 6.07) is 6.71. The fourth-order valence-corrected chi connectivity index (χ4v) is 2.55. The second-order valence-corrected chi connectivity index (χ2v) is 5.45. The third-order valence-corrected chi connectivity index (χ3v) is 3.76. The first kappa shape index (κ1) is 12.6. The van der Waals surface area contributed by atoms with Crippen LogP contribution in [-0.4, -0.2) is 25.7 Å². The molecule has 1 aromatic heterocycles. The van der Waals surface area contributed by atoms with Gasteiger partial charge in [-0.15, -0.1) is 0 Å². The number of aromatic amines is 1. The van der Waals surface area contributed by atoms with E-state index in [0.717, 1.165) is 5.56 Å². The second-order valence-electron chi connectivity index (χ2n) is 3.77. The van der Waals surface area contributed by atoms with Crippen molar-refractivity contribution in [2.75, 3.05) is 11.8 Å². The molecule has 0 aliphatic carbocycles. The van der Waals surface area contributed by atoms with E-state index in [4.69, 9.17) is 0 Å². The normalized spacial score (nSPS) is 11.4. The Morgan fingerprint density at radius 3 is 2.56 bits per heavy atom. The van der Waals surface area contributed by atoms with Gasteiger partial charge in [0, 0.05) is 12.7 Å². The van der Waals surface area contributed by atoms with Crippen LogP contribution in [0.3, 0.4) is 0 Å². The predicted octanol–water partition coefficient (Wildman–Crippen LogP) is 0.930. The minimum atomic E-state index is -3.55. The first-order valence-electron chi connectivity index (χ1n) is 5.37. The van der Waals surface area contributed by atoms with E-state index in [0.29, 0.717) is 12.2 Å². The lowest BCUT2D eigenvalue weighted by atomic mass is 10.2. The maximum absolute atomic E-state index is 12.0. The lowest BCUT2D eigenvalue weighted by Crippen LogP contribution is -2.12. The highest BCUT2D eigenvalue weighted by Crippen LogP contribution is 2.15. The van der Waals surface area contributed by atoms with Crippen molar-refractivity contribution in [2.24, 2.45) is 0 Å². The van der Waals surface area contributed by atoms with Crippen molar-refractivity contribution in [3.05, 3.63) is 42.2 Å². The van der Waals surface area contributed by atoms with Gasteiger partial charge < -0.3 is 5.32 Å². The van der Waals surface area contributed by atoms with Gasteiger partial charge in [0.1, 0.15) is 0 Å². The van der Waals surface area contributed by atoms with Crippen molar-refractivity contribution in [1.29, 1.82) is 0 Å². The highest BCUT2D eigenvalue weighted by atomic mass is 32.2. The Bertz CT molecular complexity index is 590. The van der Waals surface area contributed by atoms with E-state index < -0.39 is 10.0 Å². The van der Waals surface area contributed by atoms with Gasteiger partial charge in [0.15, 0.2) is 0 Å². The molecule has 7 heteroatoms. The van der Waals surface area contributed by atoms with Crippen LogP contribution in [0.2, 0.25) is 0 Å². The summed E-state index contributed by atoms with van der Waals surface area (Å²) >= 11 is 0. The maximum Gasteiger partial charge on any atom is 0.261 e. The number of nitrogens with zero attached hydrogens (tertiary/aromatic N) is 1. The fourth-order valence-electron chi connectivity index (χ4n) is 1.51. The van der Waals surface area contributed by atoms with Gasteiger partial charge in [-0.3, -0.25) is 9.82 Å². The molecular weight excluding hydrogens is 252 g/mol. The lowest BCUT2D eigenvalue weighted by molar-refractivity contribution is 0.601. The van der Waals surface area contributed by atoms with E-state index in [1.165, 1.54) is 12.4 Å². The minimum absolute atomic E-state index is 0.226. The molecular formula is C11H14N4O2S. The monoisotopic (exact) mass is 266 g/mol. The average Bonchev–Trinajstić information content (AvgIpc) is 2.82. The van der Waals surface area contributed by atoms with Crippen molar-refractivity contribution in [3.8, 4) is 0 Å². The molecule has 0 fully saturated rings. The van der Waals surface area contributed by atoms with Gasteiger partial charge in [-0.1, -0.05) is 12.1 Å². The topological polar surface area (TPSA) is 86.9 Å². The molecule has 0 aliphatic rings. The highest BCUT2D eigenvalue weighted by molar-refractivity contribution is 7.92. The largest absolute Gasteiger partial charge is 0.316 e. The van der Waals surface area contributed by atoms with E-state index in [9.17, 15) is 8.42 Å². The van der Waals surface area contributed by atoms with Crippen molar-refractivity contribution < 1.29 is 8.42 Å². The van der Waals surface area contributed by atoms with Crippen LogP contribution in [0.4, 0.5) is 5.69 Å². The van der Waals surface area contributed by atoms with E-state index in [2.05, 4.69) is 20.2 Å². The van der Waals surface area contributed by atoms with Crippen LogP contribution in [-0.2, 0) is 16.6 Å². The molecule has 0 radical (unpaired) electrons. The lowest BCUT2D eigenvalue weighted by Gasteiger charge is -2.06. The van der Waals surface area contributed by atoms with Crippen LogP contribution in [0.15, 0.2) is 41.6 Å². The van der Waals surface area contributed by atoms with Crippen molar-refractivity contribution in [2.45, 2.75) is 11.4 Å². The molecule has 18 heavy (non-hydrogen) atoms. The number of nitrogens with one attached hydrogen (secondary N) is 3. The molecule has 0 unspecified atom stereocenters. The Morgan fingerprint density at radius 2 is 2.00 bits per heavy atom. The maximum atomic E-state index is 12.0. The van der Waals surface area contributed by atoms with Gasteiger partial charge >= 0.3 is 0 Å². The first-order valence-corrected chi connectivity index (χ1v) is 6.85. The van der Waals surface area contributed by atoms with Gasteiger partial charge in [-0.05, 0) is 24.7 Å². The number of aromatic nitrogens is 2. The third-order valence-electron chi connectivity index (χ3n) is 2.36. The van der Waals surface area contributed by atoms with Crippen LogP contribution in [0.1, 0.15) is 5.56 Å². The quantitative estimate of drug-likeness (QED) is 0.751. The van der Waals surface area contributed by atoms with Gasteiger partial charge in [0.2, 0.25) is 0 Å². The second kappa shape index (κ2) is 5.19. The molecule has 6 nitrogen and oxygen atoms in total. The van der Waals surface area contributed by atoms with E-state index in [-0.39, 0.29) is 4.90 Å². The average molecular weight is 266 g/mol. The number of benzene rings is 1. The number of anilines is 1. The minimum Gasteiger partial charge on any atom is -0.316 e. The van der Waals surface area contributed by atoms with E-state index in [1.54, 1.807) is 24.3 Å². The van der Waals surface area contributed by atoms with Crippen LogP contribution in [0, 0.1) is 0 Å². The summed E-state index contributed by atoms with van der Waals surface area (Å²) < 4.78 is 26.4. The Balaban J connectivity index is 2.19. The zero-order valence-corrected chi connectivity index (χ0v) is 10.7. The molecule has 0 saturated carbocycles. The van der Waals surface area contributed by atoms with Crippen LogP contribution in [0.5, 0.6) is 0 Å². The number of H-pyrrole nitrogens is 1. The number of hydrogen-bond donors (Lipinski definition) is 3. The van der Waals surface area contributed by atoms with Crippen molar-refractivity contribution in [1.82, 2.24) is 15.5 Å². The molecule has 2 rings (SSSR count). The summed E-state index contributed by atoms with van der Waals surface area (Å²) in [4.78, 5) is 0.226. The van der Waals surface area contributed by atoms with E-state index in [1.807, 2.05) is 7.05 Å². The summed E-state index contributed by atoms with van der Waals surface area (Å²) in [5, 5.41) is 9.22. The Kier molecular flexibility index (Phi) is 3.63. The number of rotatable bonds is 5. The SMILES string of the molecule is CNCc1ccc(S(=O)(=O)Nc2cn[nH]c2)cc1. The van der Waals surface area contributed by atoms with Gasteiger partial charge in [0.05, 0.1) is 16.8 Å². The number of hydrogen-bond acceptors (Lipinski definition) is 4. The Labute approximate surface area is 105 Å². The molecule has 0 bridgehead atoms.